The summed E-state index contributed by atoms with van der Waals surface area (Å²) >= 11 is 0. The van der Waals surface area contributed by atoms with Crippen LogP contribution in [0.25, 0.3) is 0 Å². The van der Waals surface area contributed by atoms with Crippen molar-refractivity contribution in [3.05, 3.63) is 23.3 Å². The summed E-state index contributed by atoms with van der Waals surface area (Å²) in [6.07, 6.45) is 8.84. The van der Waals surface area contributed by atoms with E-state index in [4.69, 9.17) is 4.74 Å². The Labute approximate surface area is 124 Å². The molecule has 0 radical (unpaired) electrons. The van der Waals surface area contributed by atoms with Gasteiger partial charge in [0.05, 0.1) is 11.3 Å². The van der Waals surface area contributed by atoms with Gasteiger partial charge in [-0.05, 0) is 32.6 Å². The van der Waals surface area contributed by atoms with Crippen LogP contribution in [-0.4, -0.2) is 27.7 Å². The quantitative estimate of drug-likeness (QED) is 0.901. The van der Waals surface area contributed by atoms with Crippen LogP contribution in [0.5, 0.6) is 0 Å². The van der Waals surface area contributed by atoms with Gasteiger partial charge >= 0.3 is 5.97 Å². The zero-order valence-electron chi connectivity index (χ0n) is 12.5. The monoisotopic (exact) mass is 290 g/mol. The van der Waals surface area contributed by atoms with E-state index in [-0.39, 0.29) is 5.56 Å². The van der Waals surface area contributed by atoms with E-state index in [2.05, 4.69) is 9.97 Å². The Morgan fingerprint density at radius 3 is 2.67 bits per heavy atom. The molecule has 0 unspecified atom stereocenters. The Hall–Kier alpha value is -1.49. The number of aromatic nitrogens is 2. The number of carbonyl (C=O) groups is 1. The summed E-state index contributed by atoms with van der Waals surface area (Å²) in [5.74, 6) is 0.0496. The van der Waals surface area contributed by atoms with Gasteiger partial charge in [-0.3, -0.25) is 0 Å². The Morgan fingerprint density at radius 1 is 1.38 bits per heavy atom. The predicted molar refractivity (Wildman–Crippen MR) is 77.4 cm³/mol. The van der Waals surface area contributed by atoms with Crippen molar-refractivity contribution in [3.63, 3.8) is 0 Å². The van der Waals surface area contributed by atoms with Crippen molar-refractivity contribution < 1.29 is 14.6 Å². The third-order valence-electron chi connectivity index (χ3n) is 4.50. The second-order valence-electron chi connectivity index (χ2n) is 6.06. The van der Waals surface area contributed by atoms with Crippen molar-refractivity contribution >= 4 is 5.97 Å². The molecule has 2 fully saturated rings. The van der Waals surface area contributed by atoms with Crippen LogP contribution in [0, 0.1) is 0 Å². The minimum atomic E-state index is -0.933. The standard InChI is InChI=1S/C16H22N2O3/c1-2-21-16(8-4-3-5-9-16)15-17-10-12(14(19)20)13(18-15)11-6-7-11/h10-11H,2-9H2,1H3,(H,19,20). The molecule has 1 heterocycles. The number of hydrogen-bond acceptors (Lipinski definition) is 4. The van der Waals surface area contributed by atoms with Crippen LogP contribution in [0.1, 0.15) is 79.7 Å². The predicted octanol–water partition coefficient (Wildman–Crippen LogP) is 3.25. The normalized spacial score (nSPS) is 21.2. The molecule has 1 aromatic heterocycles. The maximum absolute atomic E-state index is 11.3. The summed E-state index contributed by atoms with van der Waals surface area (Å²) in [4.78, 5) is 20.4. The lowest BCUT2D eigenvalue weighted by Gasteiger charge is -2.35. The molecule has 5 nitrogen and oxygen atoms in total. The SMILES string of the molecule is CCOC1(c2ncc(C(=O)O)c(C3CC3)n2)CCCCC1. The van der Waals surface area contributed by atoms with Crippen LogP contribution in [0.2, 0.25) is 0 Å². The molecule has 1 aromatic rings. The lowest BCUT2D eigenvalue weighted by Crippen LogP contribution is -2.35. The van der Waals surface area contributed by atoms with Gasteiger partial charge in [-0.1, -0.05) is 19.3 Å². The summed E-state index contributed by atoms with van der Waals surface area (Å²) in [6, 6.07) is 0. The van der Waals surface area contributed by atoms with Gasteiger partial charge in [0, 0.05) is 18.7 Å². The van der Waals surface area contributed by atoms with Gasteiger partial charge in [0.2, 0.25) is 0 Å². The third kappa shape index (κ3) is 2.79. The van der Waals surface area contributed by atoms with Crippen LogP contribution in [-0.2, 0) is 10.3 Å². The van der Waals surface area contributed by atoms with Crippen LogP contribution < -0.4 is 0 Å². The van der Waals surface area contributed by atoms with Gasteiger partial charge in [0.25, 0.3) is 0 Å². The first-order valence-electron chi connectivity index (χ1n) is 7.91. The van der Waals surface area contributed by atoms with Crippen LogP contribution in [0.3, 0.4) is 0 Å². The zero-order valence-corrected chi connectivity index (χ0v) is 12.5. The Bertz CT molecular complexity index is 529. The van der Waals surface area contributed by atoms with Crippen molar-refractivity contribution in [1.29, 1.82) is 0 Å². The molecule has 0 aliphatic heterocycles. The van der Waals surface area contributed by atoms with E-state index in [1.54, 1.807) is 0 Å². The minimum Gasteiger partial charge on any atom is -0.478 e. The van der Waals surface area contributed by atoms with E-state index in [0.29, 0.717) is 24.0 Å². The number of aromatic carboxylic acids is 1. The van der Waals surface area contributed by atoms with Gasteiger partial charge in [-0.25, -0.2) is 14.8 Å². The highest BCUT2D eigenvalue weighted by Gasteiger charge is 2.39. The van der Waals surface area contributed by atoms with Crippen LogP contribution in [0.15, 0.2) is 6.20 Å². The second kappa shape index (κ2) is 5.72. The number of nitrogens with zero attached hydrogens (tertiary/aromatic N) is 2. The van der Waals surface area contributed by atoms with E-state index in [1.165, 1.54) is 12.6 Å². The fourth-order valence-electron chi connectivity index (χ4n) is 3.28. The molecule has 3 rings (SSSR count). The summed E-state index contributed by atoms with van der Waals surface area (Å²) < 4.78 is 6.04. The van der Waals surface area contributed by atoms with E-state index < -0.39 is 11.6 Å². The van der Waals surface area contributed by atoms with Gasteiger partial charge < -0.3 is 9.84 Å². The summed E-state index contributed by atoms with van der Waals surface area (Å²) in [5.41, 5.74) is 0.550. The average molecular weight is 290 g/mol. The Kier molecular flexibility index (Phi) is 3.93. The van der Waals surface area contributed by atoms with Crippen LogP contribution in [0.4, 0.5) is 0 Å². The molecule has 2 saturated carbocycles. The third-order valence-corrected chi connectivity index (χ3v) is 4.50. The summed E-state index contributed by atoms with van der Waals surface area (Å²) in [5, 5.41) is 9.30. The number of carboxylic acids is 1. The first kappa shape index (κ1) is 14.4. The highest BCUT2D eigenvalue weighted by atomic mass is 16.5. The van der Waals surface area contributed by atoms with Crippen molar-refractivity contribution in [2.45, 2.75) is 63.4 Å². The lowest BCUT2D eigenvalue weighted by molar-refractivity contribution is -0.0768. The average Bonchev–Trinajstić information content (AvgIpc) is 3.32. The van der Waals surface area contributed by atoms with E-state index >= 15 is 0 Å². The van der Waals surface area contributed by atoms with E-state index in [9.17, 15) is 9.90 Å². The maximum atomic E-state index is 11.3. The van der Waals surface area contributed by atoms with Crippen molar-refractivity contribution in [3.8, 4) is 0 Å². The highest BCUT2D eigenvalue weighted by molar-refractivity contribution is 5.88. The molecule has 0 spiro atoms. The molecule has 0 amide bonds. The molecule has 2 aliphatic rings. The number of rotatable bonds is 5. The van der Waals surface area contributed by atoms with Crippen molar-refractivity contribution in [2.24, 2.45) is 0 Å². The highest BCUT2D eigenvalue weighted by Crippen LogP contribution is 2.43. The minimum absolute atomic E-state index is 0.253. The molecule has 21 heavy (non-hydrogen) atoms. The van der Waals surface area contributed by atoms with E-state index in [0.717, 1.165) is 38.5 Å². The number of hydrogen-bond donors (Lipinski definition) is 1. The zero-order chi connectivity index (χ0) is 14.9. The fourth-order valence-corrected chi connectivity index (χ4v) is 3.28. The molecular formula is C16H22N2O3. The van der Waals surface area contributed by atoms with Gasteiger partial charge in [0.1, 0.15) is 5.60 Å². The van der Waals surface area contributed by atoms with Crippen molar-refractivity contribution in [2.75, 3.05) is 6.61 Å². The second-order valence-corrected chi connectivity index (χ2v) is 6.06. The lowest BCUT2D eigenvalue weighted by atomic mass is 9.83. The molecule has 0 bridgehead atoms. The molecule has 2 aliphatic carbocycles. The molecule has 114 valence electrons. The molecule has 5 heteroatoms. The fraction of sp³-hybridized carbons (Fsp3) is 0.688. The van der Waals surface area contributed by atoms with Gasteiger partial charge in [-0.15, -0.1) is 0 Å². The van der Waals surface area contributed by atoms with Crippen LogP contribution >= 0.6 is 0 Å². The molecule has 0 saturated heterocycles. The smallest absolute Gasteiger partial charge is 0.339 e. The molecular weight excluding hydrogens is 268 g/mol. The summed E-state index contributed by atoms with van der Waals surface area (Å²) in [6.45, 7) is 2.62. The largest absolute Gasteiger partial charge is 0.478 e. The maximum Gasteiger partial charge on any atom is 0.339 e. The number of ether oxygens (including phenoxy) is 1. The Balaban J connectivity index is 2.00. The Morgan fingerprint density at radius 2 is 2.10 bits per heavy atom. The molecule has 1 N–H and O–H groups in total. The van der Waals surface area contributed by atoms with E-state index in [1.807, 2.05) is 6.92 Å². The first-order chi connectivity index (χ1) is 10.2. The van der Waals surface area contributed by atoms with Crippen molar-refractivity contribution in [1.82, 2.24) is 9.97 Å². The topological polar surface area (TPSA) is 72.3 Å². The summed E-state index contributed by atoms with van der Waals surface area (Å²) in [7, 11) is 0. The molecule has 0 atom stereocenters. The van der Waals surface area contributed by atoms with Gasteiger partial charge in [-0.2, -0.15) is 0 Å². The number of carboxylic acid groups (broad SMARTS) is 1. The first-order valence-corrected chi connectivity index (χ1v) is 7.91. The molecule has 0 aromatic carbocycles. The van der Waals surface area contributed by atoms with Gasteiger partial charge in [0.15, 0.2) is 5.82 Å².